The van der Waals surface area contributed by atoms with Crippen molar-refractivity contribution in [3.05, 3.63) is 71.8 Å². The third-order valence-electron chi connectivity index (χ3n) is 3.43. The maximum absolute atomic E-state index is 11.7. The normalized spacial score (nSPS) is 10.4. The van der Waals surface area contributed by atoms with Gasteiger partial charge in [0, 0.05) is 12.6 Å². The number of hydrogen-bond donors (Lipinski definition) is 1. The number of methoxy groups -OCH3 is 1. The van der Waals surface area contributed by atoms with Gasteiger partial charge in [0.15, 0.2) is 6.61 Å². The van der Waals surface area contributed by atoms with Crippen molar-refractivity contribution in [1.29, 1.82) is 0 Å². The third kappa shape index (κ3) is 6.91. The van der Waals surface area contributed by atoms with Crippen LogP contribution in [0.1, 0.15) is 11.1 Å². The van der Waals surface area contributed by atoms with Gasteiger partial charge in [-0.1, -0.05) is 42.5 Å². The molecule has 0 aliphatic heterocycles. The SMILES string of the molecule is COc1cccc(/C=C/C(=O)OCC(=O)NCCc2ccccc2)c1. The highest BCUT2D eigenvalue weighted by Crippen LogP contribution is 2.13. The second-order valence-corrected chi connectivity index (χ2v) is 5.30. The van der Waals surface area contributed by atoms with Gasteiger partial charge in [0.05, 0.1) is 7.11 Å². The van der Waals surface area contributed by atoms with E-state index in [2.05, 4.69) is 5.32 Å². The van der Waals surface area contributed by atoms with E-state index in [1.807, 2.05) is 48.5 Å². The molecule has 0 aliphatic carbocycles. The van der Waals surface area contributed by atoms with Crippen LogP contribution in [0.2, 0.25) is 0 Å². The molecule has 1 amide bonds. The molecule has 0 heterocycles. The van der Waals surface area contributed by atoms with Gasteiger partial charge >= 0.3 is 5.97 Å². The predicted molar refractivity (Wildman–Crippen MR) is 96.1 cm³/mol. The van der Waals surface area contributed by atoms with Crippen LogP contribution in [-0.4, -0.2) is 32.1 Å². The van der Waals surface area contributed by atoms with E-state index in [1.165, 1.54) is 6.08 Å². The smallest absolute Gasteiger partial charge is 0.331 e. The minimum Gasteiger partial charge on any atom is -0.497 e. The molecule has 0 saturated carbocycles. The predicted octanol–water partition coefficient (Wildman–Crippen LogP) is 2.61. The largest absolute Gasteiger partial charge is 0.497 e. The summed E-state index contributed by atoms with van der Waals surface area (Å²) in [5.41, 5.74) is 1.95. The van der Waals surface area contributed by atoms with Crippen LogP contribution in [0.15, 0.2) is 60.7 Å². The van der Waals surface area contributed by atoms with E-state index in [4.69, 9.17) is 9.47 Å². The molecule has 0 saturated heterocycles. The molecule has 5 nitrogen and oxygen atoms in total. The molecule has 2 aromatic carbocycles. The van der Waals surface area contributed by atoms with Crippen molar-refractivity contribution in [2.24, 2.45) is 0 Å². The molecule has 0 aliphatic rings. The van der Waals surface area contributed by atoms with Crippen molar-refractivity contribution in [3.8, 4) is 5.75 Å². The third-order valence-corrected chi connectivity index (χ3v) is 3.43. The molecular formula is C20H21NO4. The highest BCUT2D eigenvalue weighted by atomic mass is 16.5. The molecule has 2 aromatic rings. The van der Waals surface area contributed by atoms with E-state index >= 15 is 0 Å². The lowest BCUT2D eigenvalue weighted by Crippen LogP contribution is -2.30. The standard InChI is InChI=1S/C20H21NO4/c1-24-18-9-5-8-17(14-18)10-11-20(23)25-15-19(22)21-13-12-16-6-3-2-4-7-16/h2-11,14H,12-13,15H2,1H3,(H,21,22)/b11-10+. The molecule has 0 aromatic heterocycles. The van der Waals surface area contributed by atoms with Crippen LogP contribution >= 0.6 is 0 Å². The average molecular weight is 339 g/mol. The number of carbonyl (C=O) groups excluding carboxylic acids is 2. The van der Waals surface area contributed by atoms with Gasteiger partial charge in [-0.05, 0) is 35.8 Å². The maximum atomic E-state index is 11.7. The second-order valence-electron chi connectivity index (χ2n) is 5.30. The van der Waals surface area contributed by atoms with Crippen molar-refractivity contribution < 1.29 is 19.1 Å². The monoisotopic (exact) mass is 339 g/mol. The minimum absolute atomic E-state index is 0.296. The van der Waals surface area contributed by atoms with Crippen molar-refractivity contribution in [2.45, 2.75) is 6.42 Å². The summed E-state index contributed by atoms with van der Waals surface area (Å²) in [6.45, 7) is 0.204. The first-order chi connectivity index (χ1) is 12.2. The number of hydrogen-bond acceptors (Lipinski definition) is 4. The number of amides is 1. The summed E-state index contributed by atoms with van der Waals surface area (Å²) < 4.78 is 10.0. The Bertz CT molecular complexity index is 725. The topological polar surface area (TPSA) is 64.6 Å². The first kappa shape index (κ1) is 18.3. The van der Waals surface area contributed by atoms with E-state index < -0.39 is 5.97 Å². The van der Waals surface area contributed by atoms with Crippen molar-refractivity contribution in [1.82, 2.24) is 5.32 Å². The number of rotatable bonds is 8. The number of benzene rings is 2. The Kier molecular flexibility index (Phi) is 7.25. The Balaban J connectivity index is 1.68. The molecular weight excluding hydrogens is 318 g/mol. The van der Waals surface area contributed by atoms with Gasteiger partial charge in [0.1, 0.15) is 5.75 Å². The molecule has 0 spiro atoms. The zero-order chi connectivity index (χ0) is 17.9. The summed E-state index contributed by atoms with van der Waals surface area (Å²) in [6.07, 6.45) is 3.63. The van der Waals surface area contributed by atoms with Gasteiger partial charge in [0.25, 0.3) is 5.91 Å². The van der Waals surface area contributed by atoms with E-state index in [1.54, 1.807) is 19.3 Å². The molecule has 0 radical (unpaired) electrons. The van der Waals surface area contributed by atoms with Gasteiger partial charge in [-0.3, -0.25) is 4.79 Å². The molecule has 1 N–H and O–H groups in total. The summed E-state index contributed by atoms with van der Waals surface area (Å²) in [6, 6.07) is 17.1. The Morgan fingerprint density at radius 1 is 1.08 bits per heavy atom. The van der Waals surface area contributed by atoms with Crippen molar-refractivity contribution in [3.63, 3.8) is 0 Å². The van der Waals surface area contributed by atoms with Crippen molar-refractivity contribution >= 4 is 18.0 Å². The zero-order valence-corrected chi connectivity index (χ0v) is 14.1. The highest BCUT2D eigenvalue weighted by molar-refractivity contribution is 5.89. The molecule has 25 heavy (non-hydrogen) atoms. The fraction of sp³-hybridized carbons (Fsp3) is 0.200. The van der Waals surface area contributed by atoms with Gasteiger partial charge in [0.2, 0.25) is 0 Å². The quantitative estimate of drug-likeness (QED) is 0.593. The van der Waals surface area contributed by atoms with Gasteiger partial charge in [-0.2, -0.15) is 0 Å². The van der Waals surface area contributed by atoms with Crippen LogP contribution in [0, 0.1) is 0 Å². The van der Waals surface area contributed by atoms with E-state index in [9.17, 15) is 9.59 Å². The number of ether oxygens (including phenoxy) is 2. The summed E-state index contributed by atoms with van der Waals surface area (Å²) in [7, 11) is 1.58. The van der Waals surface area contributed by atoms with E-state index in [0.29, 0.717) is 12.3 Å². The fourth-order valence-corrected chi connectivity index (χ4v) is 2.14. The Labute approximate surface area is 147 Å². The number of nitrogens with one attached hydrogen (secondary N) is 1. The van der Waals surface area contributed by atoms with Crippen LogP contribution in [0.4, 0.5) is 0 Å². The maximum Gasteiger partial charge on any atom is 0.331 e. The van der Waals surface area contributed by atoms with Crippen LogP contribution < -0.4 is 10.1 Å². The van der Waals surface area contributed by atoms with Gasteiger partial charge in [-0.25, -0.2) is 4.79 Å². The summed E-state index contributed by atoms with van der Waals surface area (Å²) in [4.78, 5) is 23.3. The second kappa shape index (κ2) is 9.93. The fourth-order valence-electron chi connectivity index (χ4n) is 2.14. The molecule has 0 fully saturated rings. The average Bonchev–Trinajstić information content (AvgIpc) is 2.65. The minimum atomic E-state index is -0.568. The molecule has 2 rings (SSSR count). The Morgan fingerprint density at radius 2 is 1.88 bits per heavy atom. The lowest BCUT2D eigenvalue weighted by Gasteiger charge is -2.05. The lowest BCUT2D eigenvalue weighted by molar-refractivity contribution is -0.143. The summed E-state index contributed by atoms with van der Waals surface area (Å²) >= 11 is 0. The van der Waals surface area contributed by atoms with E-state index in [-0.39, 0.29) is 12.5 Å². The first-order valence-corrected chi connectivity index (χ1v) is 7.97. The highest BCUT2D eigenvalue weighted by Gasteiger charge is 2.04. The molecule has 5 heteroatoms. The Hall–Kier alpha value is -3.08. The van der Waals surface area contributed by atoms with Crippen molar-refractivity contribution in [2.75, 3.05) is 20.3 Å². The van der Waals surface area contributed by atoms with Crippen LogP contribution in [0.25, 0.3) is 6.08 Å². The lowest BCUT2D eigenvalue weighted by atomic mass is 10.1. The van der Waals surface area contributed by atoms with Crippen LogP contribution in [-0.2, 0) is 20.7 Å². The molecule has 0 unspecified atom stereocenters. The number of carbonyl (C=O) groups is 2. The van der Waals surface area contributed by atoms with Gasteiger partial charge in [-0.15, -0.1) is 0 Å². The van der Waals surface area contributed by atoms with Gasteiger partial charge < -0.3 is 14.8 Å². The molecule has 0 bridgehead atoms. The Morgan fingerprint density at radius 3 is 2.64 bits per heavy atom. The van der Waals surface area contributed by atoms with E-state index in [0.717, 1.165) is 17.5 Å². The van der Waals surface area contributed by atoms with Crippen LogP contribution in [0.5, 0.6) is 5.75 Å². The first-order valence-electron chi connectivity index (χ1n) is 7.97. The van der Waals surface area contributed by atoms with Crippen LogP contribution in [0.3, 0.4) is 0 Å². The summed E-state index contributed by atoms with van der Waals surface area (Å²) in [5.74, 6) is -0.187. The number of esters is 1. The molecule has 0 atom stereocenters. The summed E-state index contributed by atoms with van der Waals surface area (Å²) in [5, 5.41) is 2.72. The molecule has 130 valence electrons. The zero-order valence-electron chi connectivity index (χ0n) is 14.1.